The first-order chi connectivity index (χ1) is 5.83. The lowest BCUT2D eigenvalue weighted by molar-refractivity contribution is 0.265. The SMILES string of the molecule is CC(C)N(C)CCCNC(C)(C)C. The molecule has 0 aromatic heterocycles. The van der Waals surface area contributed by atoms with E-state index in [9.17, 15) is 0 Å². The van der Waals surface area contributed by atoms with Crippen LogP contribution < -0.4 is 5.32 Å². The predicted octanol–water partition coefficient (Wildman–Crippen LogP) is 2.10. The fraction of sp³-hybridized carbons (Fsp3) is 1.00. The van der Waals surface area contributed by atoms with E-state index in [0.717, 1.165) is 6.54 Å². The van der Waals surface area contributed by atoms with Gasteiger partial charge < -0.3 is 10.2 Å². The van der Waals surface area contributed by atoms with E-state index in [1.807, 2.05) is 0 Å². The van der Waals surface area contributed by atoms with E-state index in [2.05, 4.69) is 51.9 Å². The molecular formula is C11H26N2. The van der Waals surface area contributed by atoms with Crippen LogP contribution in [0.3, 0.4) is 0 Å². The summed E-state index contributed by atoms with van der Waals surface area (Å²) in [4.78, 5) is 2.38. The predicted molar refractivity (Wildman–Crippen MR) is 60.1 cm³/mol. The summed E-state index contributed by atoms with van der Waals surface area (Å²) in [7, 11) is 2.18. The number of hydrogen-bond donors (Lipinski definition) is 1. The van der Waals surface area contributed by atoms with Crippen LogP contribution in [0.25, 0.3) is 0 Å². The molecule has 0 heterocycles. The van der Waals surface area contributed by atoms with Crippen molar-refractivity contribution in [2.45, 2.75) is 52.6 Å². The van der Waals surface area contributed by atoms with Crippen LogP contribution in [0.2, 0.25) is 0 Å². The Bertz CT molecular complexity index is 125. The van der Waals surface area contributed by atoms with Gasteiger partial charge in [0.2, 0.25) is 0 Å². The zero-order valence-electron chi connectivity index (χ0n) is 10.1. The molecule has 0 atom stereocenters. The third-order valence-corrected chi connectivity index (χ3v) is 2.22. The van der Waals surface area contributed by atoms with Crippen molar-refractivity contribution in [2.24, 2.45) is 0 Å². The quantitative estimate of drug-likeness (QED) is 0.662. The molecule has 0 fully saturated rings. The molecule has 1 N–H and O–H groups in total. The molecule has 0 spiro atoms. The van der Waals surface area contributed by atoms with Crippen LogP contribution >= 0.6 is 0 Å². The molecule has 0 aliphatic heterocycles. The molecule has 0 aliphatic carbocycles. The minimum absolute atomic E-state index is 0.260. The molecule has 0 aromatic rings. The van der Waals surface area contributed by atoms with E-state index in [0.29, 0.717) is 6.04 Å². The van der Waals surface area contributed by atoms with Crippen LogP contribution in [0.5, 0.6) is 0 Å². The van der Waals surface area contributed by atoms with Crippen LogP contribution in [0.15, 0.2) is 0 Å². The first kappa shape index (κ1) is 12.9. The molecule has 0 rings (SSSR count). The third-order valence-electron chi connectivity index (χ3n) is 2.22. The van der Waals surface area contributed by atoms with E-state index in [1.54, 1.807) is 0 Å². The Morgan fingerprint density at radius 3 is 2.15 bits per heavy atom. The smallest absolute Gasteiger partial charge is 0.00965 e. The summed E-state index contributed by atoms with van der Waals surface area (Å²) >= 11 is 0. The summed E-state index contributed by atoms with van der Waals surface area (Å²) in [5.41, 5.74) is 0.260. The Morgan fingerprint density at radius 2 is 1.77 bits per heavy atom. The maximum absolute atomic E-state index is 3.49. The minimum Gasteiger partial charge on any atom is -0.312 e. The summed E-state index contributed by atoms with van der Waals surface area (Å²) in [5, 5.41) is 3.49. The minimum atomic E-state index is 0.260. The van der Waals surface area contributed by atoms with Gasteiger partial charge in [0.25, 0.3) is 0 Å². The lowest BCUT2D eigenvalue weighted by atomic mass is 10.1. The summed E-state index contributed by atoms with van der Waals surface area (Å²) < 4.78 is 0. The molecule has 0 aromatic carbocycles. The van der Waals surface area contributed by atoms with Crippen molar-refractivity contribution in [1.29, 1.82) is 0 Å². The molecule has 13 heavy (non-hydrogen) atoms. The Morgan fingerprint density at radius 1 is 1.23 bits per heavy atom. The Labute approximate surface area is 83.7 Å². The Balaban J connectivity index is 3.36. The van der Waals surface area contributed by atoms with E-state index in [-0.39, 0.29) is 5.54 Å². The summed E-state index contributed by atoms with van der Waals surface area (Å²) in [6.45, 7) is 13.4. The zero-order valence-corrected chi connectivity index (χ0v) is 10.1. The highest BCUT2D eigenvalue weighted by Crippen LogP contribution is 1.99. The van der Waals surface area contributed by atoms with Gasteiger partial charge in [-0.3, -0.25) is 0 Å². The van der Waals surface area contributed by atoms with Crippen molar-refractivity contribution in [3.05, 3.63) is 0 Å². The highest BCUT2D eigenvalue weighted by molar-refractivity contribution is 4.70. The van der Waals surface area contributed by atoms with Gasteiger partial charge in [0, 0.05) is 11.6 Å². The topological polar surface area (TPSA) is 15.3 Å². The molecule has 0 bridgehead atoms. The van der Waals surface area contributed by atoms with Crippen molar-refractivity contribution in [3.63, 3.8) is 0 Å². The van der Waals surface area contributed by atoms with Crippen molar-refractivity contribution in [1.82, 2.24) is 10.2 Å². The van der Waals surface area contributed by atoms with Gasteiger partial charge in [-0.05, 0) is 61.2 Å². The number of rotatable bonds is 5. The lowest BCUT2D eigenvalue weighted by Gasteiger charge is -2.23. The van der Waals surface area contributed by atoms with Crippen LogP contribution in [0, 0.1) is 0 Å². The standard InChI is InChI=1S/C11H26N2/c1-10(2)13(6)9-7-8-12-11(3,4)5/h10,12H,7-9H2,1-6H3. The summed E-state index contributed by atoms with van der Waals surface area (Å²) in [6, 6.07) is 0.662. The average molecular weight is 186 g/mol. The van der Waals surface area contributed by atoms with Crippen molar-refractivity contribution >= 4 is 0 Å². The number of hydrogen-bond acceptors (Lipinski definition) is 2. The van der Waals surface area contributed by atoms with Crippen LogP contribution in [-0.2, 0) is 0 Å². The fourth-order valence-corrected chi connectivity index (χ4v) is 1.05. The summed E-state index contributed by atoms with van der Waals surface area (Å²) in [6.07, 6.45) is 1.23. The largest absolute Gasteiger partial charge is 0.312 e. The number of nitrogens with zero attached hydrogens (tertiary/aromatic N) is 1. The molecule has 2 nitrogen and oxygen atoms in total. The second-order valence-electron chi connectivity index (χ2n) is 5.10. The van der Waals surface area contributed by atoms with Crippen molar-refractivity contribution in [3.8, 4) is 0 Å². The van der Waals surface area contributed by atoms with Gasteiger partial charge in [-0.1, -0.05) is 0 Å². The van der Waals surface area contributed by atoms with Gasteiger partial charge >= 0.3 is 0 Å². The van der Waals surface area contributed by atoms with Crippen molar-refractivity contribution in [2.75, 3.05) is 20.1 Å². The Kier molecular flexibility index (Phi) is 5.57. The number of nitrogens with one attached hydrogen (secondary N) is 1. The van der Waals surface area contributed by atoms with Gasteiger partial charge in [0.15, 0.2) is 0 Å². The molecule has 0 unspecified atom stereocenters. The van der Waals surface area contributed by atoms with Gasteiger partial charge in [-0.2, -0.15) is 0 Å². The maximum Gasteiger partial charge on any atom is 0.00965 e. The molecule has 0 aliphatic rings. The van der Waals surface area contributed by atoms with Gasteiger partial charge in [0.1, 0.15) is 0 Å². The van der Waals surface area contributed by atoms with Crippen LogP contribution in [0.4, 0.5) is 0 Å². The fourth-order valence-electron chi connectivity index (χ4n) is 1.05. The molecule has 2 heteroatoms. The average Bonchev–Trinajstić information content (AvgIpc) is 1.95. The monoisotopic (exact) mass is 186 g/mol. The molecule has 0 amide bonds. The first-order valence-corrected chi connectivity index (χ1v) is 5.28. The normalized spacial score (nSPS) is 12.9. The zero-order chi connectivity index (χ0) is 10.5. The van der Waals surface area contributed by atoms with E-state index in [4.69, 9.17) is 0 Å². The van der Waals surface area contributed by atoms with E-state index in [1.165, 1.54) is 13.0 Å². The lowest BCUT2D eigenvalue weighted by Crippen LogP contribution is -2.38. The van der Waals surface area contributed by atoms with Gasteiger partial charge in [-0.15, -0.1) is 0 Å². The Hall–Kier alpha value is -0.0800. The third kappa shape index (κ3) is 8.26. The second kappa shape index (κ2) is 5.61. The highest BCUT2D eigenvalue weighted by Gasteiger charge is 2.08. The summed E-state index contributed by atoms with van der Waals surface area (Å²) in [5.74, 6) is 0. The molecule has 0 saturated heterocycles. The van der Waals surface area contributed by atoms with Crippen LogP contribution in [0.1, 0.15) is 41.0 Å². The van der Waals surface area contributed by atoms with Gasteiger partial charge in [0.05, 0.1) is 0 Å². The molecular weight excluding hydrogens is 160 g/mol. The first-order valence-electron chi connectivity index (χ1n) is 5.28. The van der Waals surface area contributed by atoms with E-state index < -0.39 is 0 Å². The van der Waals surface area contributed by atoms with Crippen molar-refractivity contribution < 1.29 is 0 Å². The molecule has 0 radical (unpaired) electrons. The van der Waals surface area contributed by atoms with Crippen LogP contribution in [-0.4, -0.2) is 36.6 Å². The molecule has 80 valence electrons. The second-order valence-corrected chi connectivity index (χ2v) is 5.10. The van der Waals surface area contributed by atoms with E-state index >= 15 is 0 Å². The highest BCUT2D eigenvalue weighted by atomic mass is 15.1. The van der Waals surface area contributed by atoms with Gasteiger partial charge in [-0.25, -0.2) is 0 Å². The molecule has 0 saturated carbocycles. The maximum atomic E-state index is 3.49.